The molecule has 1 N–H and O–H groups in total. The highest BCUT2D eigenvalue weighted by molar-refractivity contribution is 5.26. The summed E-state index contributed by atoms with van der Waals surface area (Å²) in [5, 5.41) is 3.52. The summed E-state index contributed by atoms with van der Waals surface area (Å²) in [7, 11) is 0. The van der Waals surface area contributed by atoms with Crippen LogP contribution in [0.1, 0.15) is 59.3 Å². The molecule has 17 heavy (non-hydrogen) atoms. The van der Waals surface area contributed by atoms with Crippen molar-refractivity contribution in [1.82, 2.24) is 5.32 Å². The molecule has 0 aromatic rings. The number of hydrogen-bond acceptors (Lipinski definition) is 1. The zero-order chi connectivity index (χ0) is 12.9. The highest BCUT2D eigenvalue weighted by Gasteiger charge is 1.97. The maximum Gasteiger partial charge on any atom is 0.0143 e. The third-order valence-electron chi connectivity index (χ3n) is 2.77. The van der Waals surface area contributed by atoms with Crippen molar-refractivity contribution in [2.75, 3.05) is 6.54 Å². The quantitative estimate of drug-likeness (QED) is 0.416. The Morgan fingerprint density at radius 2 is 1.82 bits per heavy atom. The van der Waals surface area contributed by atoms with Crippen LogP contribution < -0.4 is 5.32 Å². The normalized spacial score (nSPS) is 12.6. The molecule has 0 saturated carbocycles. The largest absolute Gasteiger partial charge is 0.388 e. The van der Waals surface area contributed by atoms with Gasteiger partial charge < -0.3 is 5.32 Å². The van der Waals surface area contributed by atoms with Crippen LogP contribution in [0.2, 0.25) is 0 Å². The molecule has 0 spiro atoms. The number of unbranched alkanes of at least 4 members (excludes halogenated alkanes) is 2. The van der Waals surface area contributed by atoms with Gasteiger partial charge in [0.25, 0.3) is 0 Å². The van der Waals surface area contributed by atoms with Crippen molar-refractivity contribution in [2.45, 2.75) is 59.3 Å². The minimum absolute atomic E-state index is 1.07. The molecule has 0 aliphatic carbocycles. The van der Waals surface area contributed by atoms with Crippen molar-refractivity contribution >= 4 is 0 Å². The summed E-state index contributed by atoms with van der Waals surface area (Å²) in [6, 6.07) is 0. The molecule has 0 radical (unpaired) electrons. The minimum Gasteiger partial charge on any atom is -0.388 e. The Morgan fingerprint density at radius 1 is 1.12 bits per heavy atom. The van der Waals surface area contributed by atoms with Crippen molar-refractivity contribution in [3.63, 3.8) is 0 Å². The van der Waals surface area contributed by atoms with E-state index in [0.717, 1.165) is 19.4 Å². The van der Waals surface area contributed by atoms with Crippen LogP contribution in [0.3, 0.4) is 0 Å². The summed E-state index contributed by atoms with van der Waals surface area (Å²) >= 11 is 0. The van der Waals surface area contributed by atoms with Crippen LogP contribution in [-0.4, -0.2) is 6.54 Å². The van der Waals surface area contributed by atoms with Gasteiger partial charge in [-0.05, 0) is 37.3 Å². The Balaban J connectivity index is 4.39. The van der Waals surface area contributed by atoms with Gasteiger partial charge in [0.05, 0.1) is 0 Å². The second-order valence-corrected chi connectivity index (χ2v) is 4.38. The SMILES string of the molecule is C=C/C=C(\C=C(/CC)NCCCC)CCCC. The zero-order valence-corrected chi connectivity index (χ0v) is 11.9. The number of rotatable bonds is 10. The molecule has 0 aliphatic heterocycles. The molecule has 0 unspecified atom stereocenters. The van der Waals surface area contributed by atoms with Crippen LogP contribution in [0.25, 0.3) is 0 Å². The first-order chi connectivity index (χ1) is 8.28. The maximum atomic E-state index is 3.79. The Bertz CT molecular complexity index is 248. The molecule has 0 aromatic carbocycles. The van der Waals surface area contributed by atoms with Crippen molar-refractivity contribution in [1.29, 1.82) is 0 Å². The van der Waals surface area contributed by atoms with Gasteiger partial charge in [-0.1, -0.05) is 52.3 Å². The van der Waals surface area contributed by atoms with Crippen molar-refractivity contribution in [3.05, 3.63) is 36.1 Å². The van der Waals surface area contributed by atoms with Gasteiger partial charge in [0.15, 0.2) is 0 Å². The number of hydrogen-bond donors (Lipinski definition) is 1. The molecule has 1 heteroatoms. The van der Waals surface area contributed by atoms with Gasteiger partial charge in [0.1, 0.15) is 0 Å². The second kappa shape index (κ2) is 11.5. The lowest BCUT2D eigenvalue weighted by molar-refractivity contribution is 0.691. The third-order valence-corrected chi connectivity index (χ3v) is 2.77. The van der Waals surface area contributed by atoms with Crippen molar-refractivity contribution in [2.24, 2.45) is 0 Å². The first-order valence-electron chi connectivity index (χ1n) is 7.04. The van der Waals surface area contributed by atoms with E-state index in [9.17, 15) is 0 Å². The fraction of sp³-hybridized carbons (Fsp3) is 0.625. The predicted octanol–water partition coefficient (Wildman–Crippen LogP) is 4.97. The average molecular weight is 235 g/mol. The molecule has 0 bridgehead atoms. The van der Waals surface area contributed by atoms with Gasteiger partial charge in [0.2, 0.25) is 0 Å². The van der Waals surface area contributed by atoms with Gasteiger partial charge in [-0.2, -0.15) is 0 Å². The highest BCUT2D eigenvalue weighted by Crippen LogP contribution is 2.12. The number of allylic oxidation sites excluding steroid dienone is 5. The highest BCUT2D eigenvalue weighted by atomic mass is 14.9. The van der Waals surface area contributed by atoms with Crippen molar-refractivity contribution < 1.29 is 0 Å². The van der Waals surface area contributed by atoms with Gasteiger partial charge in [-0.25, -0.2) is 0 Å². The van der Waals surface area contributed by atoms with E-state index in [4.69, 9.17) is 0 Å². The monoisotopic (exact) mass is 235 g/mol. The Hall–Kier alpha value is -0.980. The summed E-state index contributed by atoms with van der Waals surface area (Å²) < 4.78 is 0. The summed E-state index contributed by atoms with van der Waals surface area (Å²) in [6.45, 7) is 11.5. The molecule has 0 atom stereocenters. The molecular weight excluding hydrogens is 206 g/mol. The molecule has 0 heterocycles. The third kappa shape index (κ3) is 8.79. The molecular formula is C16H29N. The van der Waals surface area contributed by atoms with Gasteiger partial charge in [0, 0.05) is 12.2 Å². The maximum absolute atomic E-state index is 3.79. The van der Waals surface area contributed by atoms with E-state index >= 15 is 0 Å². The predicted molar refractivity (Wildman–Crippen MR) is 79.1 cm³/mol. The van der Waals surface area contributed by atoms with E-state index in [-0.39, 0.29) is 0 Å². The molecule has 0 saturated heterocycles. The lowest BCUT2D eigenvalue weighted by atomic mass is 10.1. The Kier molecular flexibility index (Phi) is 10.8. The first kappa shape index (κ1) is 16.0. The average Bonchev–Trinajstić information content (AvgIpc) is 2.35. The Labute approximate surface area is 108 Å². The molecule has 0 rings (SSSR count). The summed E-state index contributed by atoms with van der Waals surface area (Å²) in [5.74, 6) is 0. The lowest BCUT2D eigenvalue weighted by Gasteiger charge is -2.10. The van der Waals surface area contributed by atoms with Gasteiger partial charge in [-0.15, -0.1) is 0 Å². The molecule has 0 aromatic heterocycles. The van der Waals surface area contributed by atoms with Crippen LogP contribution in [-0.2, 0) is 0 Å². The van der Waals surface area contributed by atoms with E-state index in [1.165, 1.54) is 37.0 Å². The van der Waals surface area contributed by atoms with E-state index in [1.54, 1.807) is 0 Å². The van der Waals surface area contributed by atoms with Crippen LogP contribution in [0, 0.1) is 0 Å². The summed E-state index contributed by atoms with van der Waals surface area (Å²) in [4.78, 5) is 0. The molecule has 0 amide bonds. The van der Waals surface area contributed by atoms with Crippen LogP contribution in [0.4, 0.5) is 0 Å². The fourth-order valence-corrected chi connectivity index (χ4v) is 1.66. The van der Waals surface area contributed by atoms with Gasteiger partial charge in [-0.3, -0.25) is 0 Å². The first-order valence-corrected chi connectivity index (χ1v) is 7.04. The smallest absolute Gasteiger partial charge is 0.0143 e. The van der Waals surface area contributed by atoms with Crippen molar-refractivity contribution in [3.8, 4) is 0 Å². The molecule has 0 aliphatic rings. The van der Waals surface area contributed by atoms with E-state index in [2.05, 4.69) is 44.8 Å². The van der Waals surface area contributed by atoms with E-state index in [0.29, 0.717) is 0 Å². The fourth-order valence-electron chi connectivity index (χ4n) is 1.66. The van der Waals surface area contributed by atoms with E-state index < -0.39 is 0 Å². The zero-order valence-electron chi connectivity index (χ0n) is 11.9. The van der Waals surface area contributed by atoms with Crippen LogP contribution in [0.5, 0.6) is 0 Å². The van der Waals surface area contributed by atoms with E-state index in [1.807, 2.05) is 6.08 Å². The van der Waals surface area contributed by atoms with Crippen LogP contribution >= 0.6 is 0 Å². The standard InChI is InChI=1S/C16H29N/c1-5-9-12-15(11-7-3)14-16(8-4)17-13-10-6-2/h7,11,14,17H,3,5-6,8-10,12-13H2,1-2,4H3/b15-11-,16-14+. The molecule has 98 valence electrons. The van der Waals surface area contributed by atoms with Crippen LogP contribution in [0.15, 0.2) is 36.1 Å². The topological polar surface area (TPSA) is 12.0 Å². The minimum atomic E-state index is 1.07. The van der Waals surface area contributed by atoms with Gasteiger partial charge >= 0.3 is 0 Å². The Morgan fingerprint density at radius 3 is 2.35 bits per heavy atom. The summed E-state index contributed by atoms with van der Waals surface area (Å²) in [6.07, 6.45) is 13.5. The molecule has 0 fully saturated rings. The molecule has 1 nitrogen and oxygen atoms in total. The number of nitrogens with one attached hydrogen (secondary N) is 1. The summed E-state index contributed by atoms with van der Waals surface area (Å²) in [5.41, 5.74) is 2.74. The lowest BCUT2D eigenvalue weighted by Crippen LogP contribution is -2.14. The second-order valence-electron chi connectivity index (χ2n) is 4.38.